The first-order chi connectivity index (χ1) is 36.4. The molecule has 0 bridgehead atoms. The maximum Gasteiger partial charge on any atom is 0.338 e. The first-order valence-corrected chi connectivity index (χ1v) is 26.1. The lowest BCUT2D eigenvalue weighted by atomic mass is 9.96. The fraction of sp³-hybridized carbons (Fsp3) is 0.397. The molecule has 76 heavy (non-hydrogen) atoms. The minimum absolute atomic E-state index is 0.00672. The SMILES string of the molecule is CC1(C)O[C@@H]2[C@@H](CN)OC[C@]2(CNC(=O)c2ccccc2)O1.CC1(C)O[C@@H]2[C@@H](CN3Cc4ccccc4C3=O)OC[C@]2(CNC(=O)c2ccccc2)O1.COC(=O)c1ccccc1C.COC(=O)c1ccccc1CBr. The molecule has 5 aromatic rings. The Morgan fingerprint density at radius 2 is 1.11 bits per heavy atom. The summed E-state index contributed by atoms with van der Waals surface area (Å²) in [6, 6.07) is 40.5. The predicted octanol–water partition coefficient (Wildman–Crippen LogP) is 7.18. The van der Waals surface area contributed by atoms with Crippen molar-refractivity contribution in [1.82, 2.24) is 15.5 Å². The van der Waals surface area contributed by atoms with Crippen LogP contribution in [0.3, 0.4) is 0 Å². The number of aryl methyl sites for hydroxylation is 1. The van der Waals surface area contributed by atoms with Crippen LogP contribution < -0.4 is 16.4 Å². The summed E-state index contributed by atoms with van der Waals surface area (Å²) in [6.07, 6.45) is -1.22. The maximum absolute atomic E-state index is 12.8. The van der Waals surface area contributed by atoms with Gasteiger partial charge in [0, 0.05) is 35.1 Å². The minimum Gasteiger partial charge on any atom is -0.465 e. The van der Waals surface area contributed by atoms with Crippen LogP contribution in [0.1, 0.15) is 96.2 Å². The highest BCUT2D eigenvalue weighted by Crippen LogP contribution is 2.45. The van der Waals surface area contributed by atoms with Crippen LogP contribution in [0.15, 0.2) is 133 Å². The van der Waals surface area contributed by atoms with Gasteiger partial charge >= 0.3 is 11.9 Å². The number of carbonyl (C=O) groups excluding carboxylic acids is 5. The second-order valence-electron chi connectivity index (χ2n) is 19.7. The average molecular weight is 1110 g/mol. The van der Waals surface area contributed by atoms with E-state index < -0.39 is 28.9 Å². The second kappa shape index (κ2) is 25.2. The number of halogens is 1. The number of amides is 3. The highest BCUT2D eigenvalue weighted by Gasteiger charge is 2.62. The van der Waals surface area contributed by atoms with Crippen molar-refractivity contribution < 1.29 is 61.9 Å². The number of rotatable bonds is 12. The molecule has 18 heteroatoms. The highest BCUT2D eigenvalue weighted by atomic mass is 79.9. The standard InChI is InChI=1S/C24H26N2O5.C16H22N2O4.C9H9BrO2.C9H10O2/c1-23(2)30-20-19(13-26-12-17-10-6-7-11-18(17)22(26)28)29-15-24(20,31-23)14-25-21(27)16-8-4-3-5-9-16;1-15(2)21-13-12(8-17)20-10-16(13,22-15)9-18-14(19)11-6-4-3-5-7-11;1-12-9(11)8-5-3-2-4-7(8)6-10;1-7-5-3-4-6-8(7)9(10)11-2/h3-11,19-20H,12-15H2,1-2H3,(H,25,27);3-7,12-13H,8-10,17H2,1-2H3,(H,18,19);2-5H,6H2,1H3;3-6H,1-2H3/t19-,20-,24+;12-,13-,16+;;/m11../s1. The normalized spacial score (nSPS) is 23.9. The maximum atomic E-state index is 12.8. The molecule has 404 valence electrons. The van der Waals surface area contributed by atoms with Crippen molar-refractivity contribution >= 4 is 45.6 Å². The van der Waals surface area contributed by atoms with Gasteiger partial charge in [-0.15, -0.1) is 0 Å². The zero-order chi connectivity index (χ0) is 54.7. The Morgan fingerprint density at radius 3 is 1.62 bits per heavy atom. The van der Waals surface area contributed by atoms with Crippen molar-refractivity contribution in [2.24, 2.45) is 5.73 Å². The predicted molar refractivity (Wildman–Crippen MR) is 286 cm³/mol. The molecule has 0 aliphatic carbocycles. The van der Waals surface area contributed by atoms with Crippen molar-refractivity contribution in [2.75, 3.05) is 53.6 Å². The molecular weight excluding hydrogens is 1040 g/mol. The summed E-state index contributed by atoms with van der Waals surface area (Å²) in [6.45, 7) is 11.9. The number of hydrogen-bond donors (Lipinski definition) is 3. The number of esters is 2. The van der Waals surface area contributed by atoms with Gasteiger partial charge < -0.3 is 59.2 Å². The van der Waals surface area contributed by atoms with Gasteiger partial charge in [0.2, 0.25) is 0 Å². The van der Waals surface area contributed by atoms with Crippen LogP contribution in [0.5, 0.6) is 0 Å². The Balaban J connectivity index is 0.000000162. The van der Waals surface area contributed by atoms with Crippen molar-refractivity contribution in [3.8, 4) is 0 Å². The quantitative estimate of drug-likeness (QED) is 0.0835. The van der Waals surface area contributed by atoms with Crippen molar-refractivity contribution in [3.05, 3.63) is 178 Å². The lowest BCUT2D eigenvalue weighted by Gasteiger charge is -2.27. The van der Waals surface area contributed by atoms with Crippen molar-refractivity contribution in [3.63, 3.8) is 0 Å². The molecule has 4 saturated heterocycles. The number of ether oxygens (including phenoxy) is 8. The molecule has 5 aliphatic rings. The second-order valence-corrected chi connectivity index (χ2v) is 20.2. The highest BCUT2D eigenvalue weighted by molar-refractivity contribution is 9.08. The van der Waals surface area contributed by atoms with Crippen LogP contribution in [-0.4, -0.2) is 135 Å². The van der Waals surface area contributed by atoms with Gasteiger partial charge in [-0.25, -0.2) is 9.59 Å². The lowest BCUT2D eigenvalue weighted by molar-refractivity contribution is -0.189. The molecule has 0 unspecified atom stereocenters. The molecule has 3 amide bonds. The fourth-order valence-electron chi connectivity index (χ4n) is 9.79. The third-order valence-corrected chi connectivity index (χ3v) is 13.9. The van der Waals surface area contributed by atoms with E-state index in [2.05, 4.69) is 36.0 Å². The number of methoxy groups -OCH3 is 2. The third kappa shape index (κ3) is 13.6. The first-order valence-electron chi connectivity index (χ1n) is 25.0. The monoisotopic (exact) mass is 1110 g/mol. The summed E-state index contributed by atoms with van der Waals surface area (Å²) in [5.74, 6) is -2.38. The van der Waals surface area contributed by atoms with E-state index in [0.717, 1.165) is 22.3 Å². The topological polar surface area (TPSA) is 213 Å². The van der Waals surface area contributed by atoms with Gasteiger partial charge in [0.15, 0.2) is 11.6 Å². The first kappa shape index (κ1) is 57.4. The van der Waals surface area contributed by atoms with Crippen LogP contribution >= 0.6 is 15.9 Å². The van der Waals surface area contributed by atoms with E-state index in [-0.39, 0.29) is 61.1 Å². The van der Waals surface area contributed by atoms with Gasteiger partial charge in [-0.3, -0.25) is 14.4 Å². The van der Waals surface area contributed by atoms with Crippen LogP contribution in [0, 0.1) is 6.92 Å². The van der Waals surface area contributed by atoms with E-state index in [1.54, 1.807) is 41.3 Å². The van der Waals surface area contributed by atoms with E-state index in [1.165, 1.54) is 14.2 Å². The van der Waals surface area contributed by atoms with Crippen molar-refractivity contribution in [1.29, 1.82) is 0 Å². The van der Waals surface area contributed by atoms with Gasteiger partial charge in [-0.2, -0.15) is 0 Å². The zero-order valence-corrected chi connectivity index (χ0v) is 45.5. The molecule has 0 saturated carbocycles. The van der Waals surface area contributed by atoms with E-state index >= 15 is 0 Å². The largest absolute Gasteiger partial charge is 0.465 e. The average Bonchev–Trinajstić information content (AvgIpc) is 4.19. The van der Waals surface area contributed by atoms with E-state index in [0.29, 0.717) is 60.4 Å². The molecule has 0 spiro atoms. The molecule has 5 aromatic carbocycles. The van der Waals surface area contributed by atoms with E-state index in [9.17, 15) is 24.0 Å². The number of alkyl halides is 1. The summed E-state index contributed by atoms with van der Waals surface area (Å²) in [7, 11) is 2.77. The molecule has 0 aromatic heterocycles. The number of hydrogen-bond acceptors (Lipinski definition) is 14. The minimum atomic E-state index is -0.803. The third-order valence-electron chi connectivity index (χ3n) is 13.3. The number of benzene rings is 5. The number of fused-ring (bicyclic) bond motifs is 3. The number of nitrogens with one attached hydrogen (secondary N) is 2. The van der Waals surface area contributed by atoms with Crippen LogP contribution in [-0.2, 0) is 49.8 Å². The summed E-state index contributed by atoms with van der Waals surface area (Å²) in [5, 5.41) is 6.56. The summed E-state index contributed by atoms with van der Waals surface area (Å²) in [5.41, 5.74) is 10.4. The summed E-state index contributed by atoms with van der Waals surface area (Å²) < 4.78 is 45.4. The Kier molecular flexibility index (Phi) is 19.0. The Bertz CT molecular complexity index is 2820. The van der Waals surface area contributed by atoms with Gasteiger partial charge in [-0.05, 0) is 93.8 Å². The van der Waals surface area contributed by atoms with Crippen LogP contribution in [0.2, 0.25) is 0 Å². The molecule has 5 aliphatic heterocycles. The smallest absolute Gasteiger partial charge is 0.338 e. The molecule has 17 nitrogen and oxygen atoms in total. The molecule has 6 atom stereocenters. The zero-order valence-electron chi connectivity index (χ0n) is 43.9. The van der Waals surface area contributed by atoms with Gasteiger partial charge in [0.25, 0.3) is 17.7 Å². The molecule has 10 rings (SSSR count). The van der Waals surface area contributed by atoms with Gasteiger partial charge in [-0.1, -0.05) is 107 Å². The van der Waals surface area contributed by atoms with Crippen LogP contribution in [0.25, 0.3) is 0 Å². The number of carbonyl (C=O) groups is 5. The Morgan fingerprint density at radius 1 is 0.645 bits per heavy atom. The molecular formula is C58H67BrN4O13. The molecule has 0 radical (unpaired) electrons. The van der Waals surface area contributed by atoms with Crippen molar-refractivity contribution in [2.45, 2.75) is 93.7 Å². The van der Waals surface area contributed by atoms with E-state index in [4.69, 9.17) is 34.2 Å². The van der Waals surface area contributed by atoms with Crippen LogP contribution in [0.4, 0.5) is 0 Å². The Hall–Kier alpha value is -6.35. The van der Waals surface area contributed by atoms with Gasteiger partial charge in [0.05, 0.1) is 64.3 Å². The molecule has 4 N–H and O–H groups in total. The Labute approximate surface area is 452 Å². The lowest BCUT2D eigenvalue weighted by Crippen LogP contribution is -2.52. The summed E-state index contributed by atoms with van der Waals surface area (Å²) in [4.78, 5) is 61.6. The molecule has 5 heterocycles. The van der Waals surface area contributed by atoms with E-state index in [1.807, 2.05) is 132 Å². The number of nitrogens with zero attached hydrogens (tertiary/aromatic N) is 1. The van der Waals surface area contributed by atoms with Gasteiger partial charge in [0.1, 0.15) is 29.5 Å². The number of nitrogens with two attached hydrogens (primary N) is 1. The fourth-order valence-corrected chi connectivity index (χ4v) is 10.3. The summed E-state index contributed by atoms with van der Waals surface area (Å²) >= 11 is 3.30. The molecule has 4 fully saturated rings.